The fourth-order valence-electron chi connectivity index (χ4n) is 11.7. The molecule has 10 heteroatoms. The summed E-state index contributed by atoms with van der Waals surface area (Å²) in [6.45, 7) is 17.9. The van der Waals surface area contributed by atoms with Gasteiger partial charge in [-0.2, -0.15) is 5.26 Å². The number of rotatable bonds is 11. The van der Waals surface area contributed by atoms with Crippen molar-refractivity contribution in [3.8, 4) is 73.7 Å². The number of hydrogen-bond donors (Lipinski definition) is 0. The van der Waals surface area contributed by atoms with Gasteiger partial charge in [-0.3, -0.25) is 18.7 Å². The Labute approximate surface area is 538 Å². The van der Waals surface area contributed by atoms with Crippen LogP contribution in [0.15, 0.2) is 229 Å². The van der Waals surface area contributed by atoms with Gasteiger partial charge in [0.2, 0.25) is 0 Å². The van der Waals surface area contributed by atoms with Crippen molar-refractivity contribution in [1.29, 1.82) is 5.26 Å². The first-order valence-electron chi connectivity index (χ1n) is 30.2. The van der Waals surface area contributed by atoms with Gasteiger partial charge in [0.05, 0.1) is 50.9 Å². The van der Waals surface area contributed by atoms with Gasteiger partial charge in [0.1, 0.15) is 5.58 Å². The summed E-state index contributed by atoms with van der Waals surface area (Å²) in [6.07, 6.45) is 1.70. The quantitative estimate of drug-likeness (QED) is 0.120. The average Bonchev–Trinajstić information content (AvgIpc) is 1.54. The minimum absolute atomic E-state index is 0. The molecule has 0 fully saturated rings. The number of nitriles is 1. The number of fused-ring (bicyclic) bond motifs is 5. The summed E-state index contributed by atoms with van der Waals surface area (Å²) in [4.78, 5) is 14.3. The van der Waals surface area contributed by atoms with Crippen molar-refractivity contribution < 1.29 is 33.3 Å². The molecular formula is C80H65F2IrN6O. The van der Waals surface area contributed by atoms with E-state index in [2.05, 4.69) is 203 Å². The van der Waals surface area contributed by atoms with E-state index in [-0.39, 0.29) is 43.6 Å². The molecule has 7 nitrogen and oxygen atoms in total. The van der Waals surface area contributed by atoms with Crippen LogP contribution in [-0.2, 0) is 20.1 Å². The molecule has 14 aromatic rings. The number of benzene rings is 10. The third kappa shape index (κ3) is 12.4. The normalized spacial score (nSPS) is 11.3. The first-order valence-corrected chi connectivity index (χ1v) is 30.2. The molecule has 0 amide bonds. The third-order valence-corrected chi connectivity index (χ3v) is 16.2. The molecule has 14 rings (SSSR count). The SMILES string of the molecule is CC(C)c1cc(-c2ccc(-c3ccccc3)cc2)cc(C(C)C)c1-n1c(-c2[c-]ccc3c2oc2cc(C#N)ccc23)nc2ccccc21.CC(C)c1cccc(C(C)C)c1-n1c(-c2[c-]cc(F)cc2)nc2ccccc21.Fc1c[c-]c(-c2ccccn2)cc1.[Ir+3]. The molecule has 0 spiro atoms. The Morgan fingerprint density at radius 3 is 1.54 bits per heavy atom. The van der Waals surface area contributed by atoms with E-state index >= 15 is 0 Å². The Kier molecular flexibility index (Phi) is 18.4. The maximum atomic E-state index is 13.5. The second-order valence-corrected chi connectivity index (χ2v) is 23.4. The fraction of sp³-hybridized carbons (Fsp3) is 0.150. The summed E-state index contributed by atoms with van der Waals surface area (Å²) < 4.78 is 37.1. The molecular weight excluding hydrogens is 1290 g/mol. The predicted molar refractivity (Wildman–Crippen MR) is 358 cm³/mol. The number of pyridine rings is 1. The van der Waals surface area contributed by atoms with Crippen LogP contribution in [0.2, 0.25) is 0 Å². The Morgan fingerprint density at radius 2 is 0.989 bits per heavy atom. The molecule has 10 aromatic carbocycles. The molecule has 0 N–H and O–H groups in total. The zero-order valence-corrected chi connectivity index (χ0v) is 53.7. The summed E-state index contributed by atoms with van der Waals surface area (Å²) >= 11 is 0. The van der Waals surface area contributed by atoms with E-state index in [0.29, 0.717) is 28.6 Å². The number of para-hydroxylation sites is 5. The fourth-order valence-corrected chi connectivity index (χ4v) is 11.7. The number of imidazole rings is 2. The zero-order chi connectivity index (χ0) is 61.9. The number of furan rings is 1. The molecule has 0 unspecified atom stereocenters. The second-order valence-electron chi connectivity index (χ2n) is 23.4. The zero-order valence-electron chi connectivity index (χ0n) is 51.4. The molecule has 0 saturated carbocycles. The Hall–Kier alpha value is -9.91. The number of hydrogen-bond acceptors (Lipinski definition) is 5. The van der Waals surface area contributed by atoms with Gasteiger partial charge < -0.3 is 18.5 Å². The van der Waals surface area contributed by atoms with E-state index in [0.717, 1.165) is 72.6 Å². The van der Waals surface area contributed by atoms with Gasteiger partial charge in [0, 0.05) is 34.6 Å². The largest absolute Gasteiger partial charge is 3.00 e. The molecule has 0 saturated heterocycles. The van der Waals surface area contributed by atoms with Crippen molar-refractivity contribution in [2.75, 3.05) is 0 Å². The van der Waals surface area contributed by atoms with Crippen molar-refractivity contribution in [1.82, 2.24) is 24.1 Å². The molecule has 444 valence electrons. The van der Waals surface area contributed by atoms with Crippen LogP contribution in [0.1, 0.15) is 107 Å². The monoisotopic (exact) mass is 1360 g/mol. The minimum Gasteiger partial charge on any atom is -0.500 e. The van der Waals surface area contributed by atoms with Crippen LogP contribution in [0.25, 0.3) is 112 Å². The third-order valence-electron chi connectivity index (χ3n) is 16.2. The van der Waals surface area contributed by atoms with Crippen LogP contribution in [0, 0.1) is 41.2 Å². The summed E-state index contributed by atoms with van der Waals surface area (Å²) in [7, 11) is 0. The maximum Gasteiger partial charge on any atom is 3.00 e. The van der Waals surface area contributed by atoms with Gasteiger partial charge in [0.25, 0.3) is 0 Å². The standard InChI is InChI=1S/C44H34N3O.C25H24FN2.C11H7FN.Ir/c1-27(2)37-24-33(32-20-18-31(19-21-32)30-11-6-5-7-12-30)25-38(28(3)4)42(37)47-40-16-9-8-15-39(40)46-44(47)36-14-10-13-35-34-22-17-29(26-45)23-41(34)48-43(35)36;1-16(2)20-8-7-9-21(17(3)4)24(20)28-23-11-6-5-10-22(23)27-25(28)18-12-14-19(26)15-13-18;12-10-6-4-9(5-7-10)11-3-1-2-8-13-11;/h5-13,15-25,27-28H,1-4H3;5-12,14-17H,1-4H3;1-4,6-8H;/q3*-1;+3. The molecule has 0 aliphatic heterocycles. The first kappa shape index (κ1) is 61.7. The van der Waals surface area contributed by atoms with Crippen LogP contribution in [0.5, 0.6) is 0 Å². The summed E-state index contributed by atoms with van der Waals surface area (Å²) in [6, 6.07) is 82.9. The van der Waals surface area contributed by atoms with Crippen molar-refractivity contribution in [3.63, 3.8) is 0 Å². The van der Waals surface area contributed by atoms with E-state index in [1.807, 2.05) is 66.7 Å². The van der Waals surface area contributed by atoms with E-state index in [1.54, 1.807) is 24.4 Å². The molecule has 4 aromatic heterocycles. The molecule has 0 bridgehead atoms. The van der Waals surface area contributed by atoms with Gasteiger partial charge in [-0.25, -0.2) is 0 Å². The molecule has 4 heterocycles. The minimum atomic E-state index is -0.295. The van der Waals surface area contributed by atoms with Gasteiger partial charge in [0.15, 0.2) is 0 Å². The van der Waals surface area contributed by atoms with E-state index in [4.69, 9.17) is 14.4 Å². The van der Waals surface area contributed by atoms with Gasteiger partial charge >= 0.3 is 20.1 Å². The molecule has 90 heavy (non-hydrogen) atoms. The van der Waals surface area contributed by atoms with Gasteiger partial charge in [-0.1, -0.05) is 182 Å². The maximum absolute atomic E-state index is 13.5. The van der Waals surface area contributed by atoms with Crippen molar-refractivity contribution in [2.24, 2.45) is 0 Å². The molecule has 0 atom stereocenters. The molecule has 0 aliphatic carbocycles. The predicted octanol–water partition coefficient (Wildman–Crippen LogP) is 21.4. The Balaban J connectivity index is 0.000000166. The van der Waals surface area contributed by atoms with Crippen LogP contribution in [0.4, 0.5) is 8.78 Å². The van der Waals surface area contributed by atoms with Crippen molar-refractivity contribution in [3.05, 3.63) is 282 Å². The Morgan fingerprint density at radius 1 is 0.467 bits per heavy atom. The Bertz CT molecular complexity index is 4810. The van der Waals surface area contributed by atoms with Crippen molar-refractivity contribution >= 4 is 44.0 Å². The summed E-state index contributed by atoms with van der Waals surface area (Å²) in [5.41, 5.74) is 21.3. The van der Waals surface area contributed by atoms with E-state index in [1.165, 1.54) is 74.5 Å². The smallest absolute Gasteiger partial charge is 0.500 e. The van der Waals surface area contributed by atoms with Crippen LogP contribution in [0.3, 0.4) is 0 Å². The number of aromatic nitrogens is 5. The first-order chi connectivity index (χ1) is 43.2. The molecule has 0 radical (unpaired) electrons. The number of halogens is 2. The topological polar surface area (TPSA) is 85.5 Å². The van der Waals surface area contributed by atoms with Gasteiger partial charge in [-0.15, -0.1) is 77.9 Å². The van der Waals surface area contributed by atoms with E-state index in [9.17, 15) is 14.0 Å². The van der Waals surface area contributed by atoms with Gasteiger partial charge in [-0.05, 0) is 128 Å². The number of nitrogens with zero attached hydrogens (tertiary/aromatic N) is 6. The van der Waals surface area contributed by atoms with Crippen LogP contribution < -0.4 is 0 Å². The van der Waals surface area contributed by atoms with Crippen LogP contribution >= 0.6 is 0 Å². The van der Waals surface area contributed by atoms with Crippen LogP contribution in [-0.4, -0.2) is 24.1 Å². The summed E-state index contributed by atoms with van der Waals surface area (Å²) in [5.74, 6) is 2.20. The summed E-state index contributed by atoms with van der Waals surface area (Å²) in [5, 5.41) is 11.5. The molecule has 0 aliphatic rings. The van der Waals surface area contributed by atoms with E-state index < -0.39 is 0 Å². The second kappa shape index (κ2) is 26.8. The van der Waals surface area contributed by atoms with Crippen molar-refractivity contribution in [2.45, 2.75) is 79.1 Å². The average molecular weight is 1360 g/mol.